The van der Waals surface area contributed by atoms with Gasteiger partial charge in [-0.1, -0.05) is 119 Å². The van der Waals surface area contributed by atoms with E-state index < -0.39 is 15.9 Å². The summed E-state index contributed by atoms with van der Waals surface area (Å²) >= 11 is 1.30. The Morgan fingerprint density at radius 3 is 1.54 bits per heavy atom. The van der Waals surface area contributed by atoms with Crippen molar-refractivity contribution in [2.24, 2.45) is 33.2 Å². The molecule has 0 radical (unpaired) electrons. The number of rotatable bonds is 1. The molecule has 4 aliphatic rings. The number of fused-ring (bicyclic) bond motifs is 8. The third-order valence-electron chi connectivity index (χ3n) is 20.1. The number of aliphatic imine (C=N–C) groups is 1. The van der Waals surface area contributed by atoms with E-state index in [1.807, 2.05) is 215 Å². The lowest BCUT2D eigenvalue weighted by atomic mass is 10.0. The Morgan fingerprint density at radius 1 is 0.420 bits per heavy atom. The van der Waals surface area contributed by atoms with E-state index in [1.165, 1.54) is 46.7 Å². The third kappa shape index (κ3) is 18.7. The molecule has 0 atom stereocenters. The third-order valence-corrected chi connectivity index (χ3v) is 22.9. The summed E-state index contributed by atoms with van der Waals surface area (Å²) in [5, 5.41) is 10.4. The maximum atomic E-state index is 11.9. The van der Waals surface area contributed by atoms with Crippen LogP contribution in [0.5, 0.6) is 0 Å². The number of anilines is 1. The number of nitrogens with zero attached hydrogens (tertiary/aromatic N) is 13. The van der Waals surface area contributed by atoms with Crippen LogP contribution in [0.15, 0.2) is 181 Å². The number of benzodiazepines with no additional fused rings is 1. The van der Waals surface area contributed by atoms with E-state index >= 15 is 0 Å². The lowest BCUT2D eigenvalue weighted by Gasteiger charge is -2.34. The minimum Gasteiger partial charge on any atom is -0.318 e. The highest BCUT2D eigenvalue weighted by molar-refractivity contribution is 7.90. The Kier molecular flexibility index (Phi) is 26.5. The maximum Gasteiger partial charge on any atom is 0.307 e. The fraction of sp³-hybridized carbons (Fsp3) is 0.299. The van der Waals surface area contributed by atoms with Crippen LogP contribution in [0.3, 0.4) is 0 Å². The first-order valence-electron chi connectivity index (χ1n) is 36.5. The predicted octanol–water partition coefficient (Wildman–Crippen LogP) is 12.8. The average Bonchev–Trinajstić information content (AvgIpc) is 1.60. The number of aryl methyl sites for hydroxylation is 13. The Bertz CT molecular complexity index is 6110. The van der Waals surface area contributed by atoms with Gasteiger partial charge >= 0.3 is 4.87 Å². The van der Waals surface area contributed by atoms with Gasteiger partial charge in [0.25, 0.3) is 44.4 Å². The average molecular weight is 1550 g/mol. The highest BCUT2D eigenvalue weighted by Crippen LogP contribution is 2.30. The molecule has 4 aliphatic heterocycles. The standard InChI is InChI=1S/C13H15NO.C12H14N2O.2C11H14N2O.2C11H12N2O.C9H9NO3S.C9H9NOS/c1-4-10-8-14(3)13(15)11-6-5-9(2)7-12(10)11;1-8-4-5-10-9(2)13-7-12(15)14(3)11(10)6-8;1-8-4-5-10-9(6-8)7-12(2)13(3)11(10)14;1-8-4-5-9-7-12(2)13(3)11(14)10(9)6-8;1-7-4-5-10-9(6-7)11(14)13(3)8(2)12-10;1-7-4-5-9-10(6-7)12-8(2)13(3)11(9)14;1-6-3-4-8-7(5-6)9(11)10(2)14(8,12)13;1-6-3-4-7-8(5-6)12-9(11)10(7)2/h5-8H,4H2,1-3H3;4-6H,7H2,1-3H3;2*4-6H,7H2,1-3H3;2*4-6H,1-3H3;3-5H,1-2H3;3-5H,1-2H3. The van der Waals surface area contributed by atoms with E-state index in [2.05, 4.69) is 40.9 Å². The van der Waals surface area contributed by atoms with Crippen molar-refractivity contribution in [1.82, 2.24) is 52.6 Å². The Balaban J connectivity index is 0.000000147. The topological polar surface area (TPSA) is 248 Å². The van der Waals surface area contributed by atoms with Crippen molar-refractivity contribution in [3.8, 4) is 0 Å². The van der Waals surface area contributed by atoms with Crippen molar-refractivity contribution in [3.05, 3.63) is 288 Å². The van der Waals surface area contributed by atoms with Gasteiger partial charge < -0.3 is 14.0 Å². The Labute approximate surface area is 657 Å². The van der Waals surface area contributed by atoms with E-state index in [-0.39, 0.29) is 56.3 Å². The van der Waals surface area contributed by atoms with Crippen molar-refractivity contribution in [2.45, 2.75) is 107 Å². The summed E-state index contributed by atoms with van der Waals surface area (Å²) in [5.41, 5.74) is 20.0. The Morgan fingerprint density at radius 2 is 0.902 bits per heavy atom. The molecule has 0 fully saturated rings. The first-order valence-corrected chi connectivity index (χ1v) is 38.7. The van der Waals surface area contributed by atoms with Crippen LogP contribution in [0.4, 0.5) is 5.69 Å². The zero-order valence-corrected chi connectivity index (χ0v) is 69.6. The fourth-order valence-electron chi connectivity index (χ4n) is 12.8. The number of benzene rings is 8. The zero-order valence-electron chi connectivity index (χ0n) is 68.0. The molecule has 0 unspecified atom stereocenters. The summed E-state index contributed by atoms with van der Waals surface area (Å²) in [6, 6.07) is 46.4. The highest BCUT2D eigenvalue weighted by Gasteiger charge is 2.38. The number of sulfonamides is 1. The van der Waals surface area contributed by atoms with Crippen molar-refractivity contribution < 1.29 is 27.6 Å². The number of carbonyl (C=O) groups excluding carboxylic acids is 4. The number of likely N-dealkylation sites (N-methyl/N-ethyl adjacent to an activating group) is 1. The maximum absolute atomic E-state index is 11.9. The number of pyridine rings is 1. The molecule has 25 heteroatoms. The minimum absolute atomic E-state index is 0.0208. The molecule has 23 nitrogen and oxygen atoms in total. The number of hydrogen-bond acceptors (Lipinski definition) is 16. The van der Waals surface area contributed by atoms with Gasteiger partial charge in [0.15, 0.2) is 0 Å². The number of thiazole rings is 1. The second-order valence-electron chi connectivity index (χ2n) is 28.7. The largest absolute Gasteiger partial charge is 0.318 e. The van der Waals surface area contributed by atoms with Crippen LogP contribution in [0.1, 0.15) is 123 Å². The number of carbonyl (C=O) groups is 4. The van der Waals surface area contributed by atoms with Crippen molar-refractivity contribution in [2.75, 3.05) is 53.7 Å². The van der Waals surface area contributed by atoms with Gasteiger partial charge in [-0.2, -0.15) is 0 Å². The van der Waals surface area contributed by atoms with E-state index in [9.17, 15) is 46.8 Å². The van der Waals surface area contributed by atoms with E-state index in [1.54, 1.807) is 94.7 Å². The van der Waals surface area contributed by atoms with Crippen molar-refractivity contribution in [3.63, 3.8) is 0 Å². The second-order valence-corrected chi connectivity index (χ2v) is 31.7. The van der Waals surface area contributed by atoms with Crippen LogP contribution >= 0.6 is 11.3 Å². The molecule has 0 bridgehead atoms. The van der Waals surface area contributed by atoms with Gasteiger partial charge in [0.2, 0.25) is 5.91 Å². The molecule has 0 spiro atoms. The molecule has 4 aromatic heterocycles. The van der Waals surface area contributed by atoms with Gasteiger partial charge in [0.05, 0.1) is 43.3 Å². The summed E-state index contributed by atoms with van der Waals surface area (Å²) in [6.45, 7) is 25.5. The number of hydrogen-bond donors (Lipinski definition) is 0. The lowest BCUT2D eigenvalue weighted by molar-refractivity contribution is -0.116. The first kappa shape index (κ1) is 84.4. The van der Waals surface area contributed by atoms with Crippen LogP contribution in [0.25, 0.3) is 42.8 Å². The van der Waals surface area contributed by atoms with Gasteiger partial charge in [-0.3, -0.25) is 62.5 Å². The summed E-state index contributed by atoms with van der Waals surface area (Å²) < 4.78 is 31.5. The molecule has 0 saturated carbocycles. The summed E-state index contributed by atoms with van der Waals surface area (Å²) in [6.07, 6.45) is 2.89. The monoisotopic (exact) mass is 1550 g/mol. The summed E-state index contributed by atoms with van der Waals surface area (Å²) in [7, 11) is 14.0. The molecule has 0 N–H and O–H groups in total. The van der Waals surface area contributed by atoms with Crippen LogP contribution in [0, 0.1) is 69.2 Å². The SMILES string of the molecule is CC1=NCC(=O)N(C)c2cc(C)ccc21.CCc1cn(C)c(=O)c2ccc(C)cc12.Cc1ccc2c(=O)n(C)c(C)nc2c1.Cc1ccc2c(c1)C(=O)N(C)N(C)C2.Cc1ccc2c(c1)C(=O)N(C)S2(=O)=O.Cc1ccc2c(c1)CN(C)N(C)C2=O.Cc1ccc2c(c1)sc(=O)n2C.Cc1ccc2nc(C)n(C)c(=O)c2c1. The van der Waals surface area contributed by atoms with E-state index in [0.717, 1.165) is 135 Å². The molecule has 4 amide bonds. The molecule has 584 valence electrons. The molecule has 0 aliphatic carbocycles. The van der Waals surface area contributed by atoms with Crippen molar-refractivity contribution >= 4 is 99.2 Å². The van der Waals surface area contributed by atoms with E-state index in [4.69, 9.17) is 0 Å². The molecule has 12 aromatic rings. The second kappa shape index (κ2) is 35.2. The van der Waals surface area contributed by atoms with Crippen molar-refractivity contribution in [1.29, 1.82) is 0 Å². The number of hydrazine groups is 2. The quantitative estimate of drug-likeness (QED) is 0.148. The number of amides is 4. The van der Waals surface area contributed by atoms with Gasteiger partial charge in [-0.15, -0.1) is 0 Å². The summed E-state index contributed by atoms with van der Waals surface area (Å²) in [5.74, 6) is 1.23. The molecular weight excluding hydrogens is 1450 g/mol. The molecule has 8 heterocycles. The van der Waals surface area contributed by atoms with Gasteiger partial charge in [0, 0.05) is 118 Å². The van der Waals surface area contributed by atoms with Crippen LogP contribution in [0.2, 0.25) is 0 Å². The minimum atomic E-state index is -3.57. The Hall–Kier alpha value is -11.6. The van der Waals surface area contributed by atoms with Gasteiger partial charge in [0.1, 0.15) is 23.1 Å². The molecule has 0 saturated heterocycles. The number of aromatic nitrogens is 6. The normalized spacial score (nSPS) is 14.0. The lowest BCUT2D eigenvalue weighted by Crippen LogP contribution is -2.44. The molecular formula is C87H99N13O10S2. The predicted molar refractivity (Wildman–Crippen MR) is 450 cm³/mol. The van der Waals surface area contributed by atoms with Crippen LogP contribution in [-0.4, -0.2) is 139 Å². The molecule has 16 rings (SSSR count). The van der Waals surface area contributed by atoms with Gasteiger partial charge in [-0.05, 0) is 194 Å². The van der Waals surface area contributed by atoms with Gasteiger partial charge in [-0.25, -0.2) is 32.7 Å². The summed E-state index contributed by atoms with van der Waals surface area (Å²) in [4.78, 5) is 108. The zero-order chi connectivity index (χ0) is 82.4. The molecule has 112 heavy (non-hydrogen) atoms. The highest BCUT2D eigenvalue weighted by atomic mass is 32.2. The van der Waals surface area contributed by atoms with E-state index in [0.29, 0.717) is 10.8 Å². The molecule has 8 aromatic carbocycles. The van der Waals surface area contributed by atoms with Crippen LogP contribution < -0.4 is 26.5 Å². The smallest absolute Gasteiger partial charge is 0.307 e. The fourth-order valence-corrected chi connectivity index (χ4v) is 15.1. The first-order chi connectivity index (χ1) is 52.7. The van der Waals surface area contributed by atoms with Crippen LogP contribution in [-0.2, 0) is 62.5 Å².